The summed E-state index contributed by atoms with van der Waals surface area (Å²) < 4.78 is 21.8. The van der Waals surface area contributed by atoms with Gasteiger partial charge in [-0.1, -0.05) is 48.5 Å². The largest absolute Gasteiger partial charge is 0.455 e. The molecule has 0 aliphatic carbocycles. The van der Waals surface area contributed by atoms with Gasteiger partial charge in [-0.3, -0.25) is 0 Å². The Morgan fingerprint density at radius 3 is 1.27 bits per heavy atom. The molecule has 30 heavy (non-hydrogen) atoms. The number of hydrogen-bond acceptors (Lipinski definition) is 6. The second-order valence-corrected chi connectivity index (χ2v) is 6.35. The summed E-state index contributed by atoms with van der Waals surface area (Å²) in [6.07, 6.45) is -1.69. The fourth-order valence-electron chi connectivity index (χ4n) is 2.70. The summed E-state index contributed by atoms with van der Waals surface area (Å²) in [5, 5.41) is 0. The molecule has 3 aromatic rings. The average Bonchev–Trinajstić information content (AvgIpc) is 2.75. The molecule has 0 amide bonds. The zero-order valence-electron chi connectivity index (χ0n) is 16.7. The molecular formula is C24H22O6. The maximum Gasteiger partial charge on any atom is 0.342 e. The molecule has 6 heteroatoms. The van der Waals surface area contributed by atoms with E-state index in [0.29, 0.717) is 11.5 Å². The van der Waals surface area contributed by atoms with Crippen LogP contribution in [0, 0.1) is 0 Å². The van der Waals surface area contributed by atoms with Crippen molar-refractivity contribution in [2.24, 2.45) is 0 Å². The van der Waals surface area contributed by atoms with Crippen LogP contribution < -0.4 is 9.47 Å². The third-order valence-electron chi connectivity index (χ3n) is 4.00. The van der Waals surface area contributed by atoms with Gasteiger partial charge < -0.3 is 18.9 Å². The minimum atomic E-state index is -0.843. The Morgan fingerprint density at radius 1 is 0.567 bits per heavy atom. The maximum atomic E-state index is 12.6. The Hall–Kier alpha value is -3.80. The van der Waals surface area contributed by atoms with Crippen molar-refractivity contribution in [3.63, 3.8) is 0 Å². The van der Waals surface area contributed by atoms with Crippen LogP contribution >= 0.6 is 0 Å². The van der Waals surface area contributed by atoms with Gasteiger partial charge in [-0.05, 0) is 36.4 Å². The highest BCUT2D eigenvalue weighted by molar-refractivity contribution is 6.03. The smallest absolute Gasteiger partial charge is 0.342 e. The van der Waals surface area contributed by atoms with Crippen LogP contribution in [0.2, 0.25) is 0 Å². The molecule has 0 heterocycles. The molecule has 0 fully saturated rings. The van der Waals surface area contributed by atoms with Crippen LogP contribution in [0.4, 0.5) is 0 Å². The van der Waals surface area contributed by atoms with Gasteiger partial charge in [0, 0.05) is 13.8 Å². The topological polar surface area (TPSA) is 71.1 Å². The summed E-state index contributed by atoms with van der Waals surface area (Å²) in [4.78, 5) is 25.2. The second-order valence-electron chi connectivity index (χ2n) is 6.35. The van der Waals surface area contributed by atoms with Crippen molar-refractivity contribution in [2.45, 2.75) is 26.4 Å². The molecule has 3 rings (SSSR count). The average molecular weight is 406 g/mol. The Kier molecular flexibility index (Phi) is 7.05. The number of carbonyl (C=O) groups is 2. The molecule has 0 aliphatic rings. The van der Waals surface area contributed by atoms with Crippen molar-refractivity contribution in [1.82, 2.24) is 0 Å². The van der Waals surface area contributed by atoms with Crippen molar-refractivity contribution < 1.29 is 28.5 Å². The minimum Gasteiger partial charge on any atom is -0.455 e. The van der Waals surface area contributed by atoms with Gasteiger partial charge in [0.15, 0.2) is 0 Å². The van der Waals surface area contributed by atoms with Gasteiger partial charge in [-0.25, -0.2) is 9.59 Å². The van der Waals surface area contributed by atoms with E-state index in [1.807, 2.05) is 36.4 Å². The van der Waals surface area contributed by atoms with E-state index in [4.69, 9.17) is 18.9 Å². The molecule has 0 radical (unpaired) electrons. The molecule has 0 saturated carbocycles. The molecule has 154 valence electrons. The minimum absolute atomic E-state index is 0.0814. The van der Waals surface area contributed by atoms with Gasteiger partial charge in [0.05, 0.1) is 11.1 Å². The maximum absolute atomic E-state index is 12.6. The van der Waals surface area contributed by atoms with Gasteiger partial charge >= 0.3 is 11.9 Å². The molecule has 0 aliphatic heterocycles. The molecule has 0 aromatic heterocycles. The lowest BCUT2D eigenvalue weighted by molar-refractivity contribution is -0.0410. The number of esters is 2. The Bertz CT molecular complexity index is 891. The summed E-state index contributed by atoms with van der Waals surface area (Å²) in [6.45, 7) is 3.20. The molecular weight excluding hydrogens is 384 g/mol. The quantitative estimate of drug-likeness (QED) is 0.393. The van der Waals surface area contributed by atoms with E-state index >= 15 is 0 Å². The van der Waals surface area contributed by atoms with E-state index in [9.17, 15) is 9.59 Å². The molecule has 3 aromatic carbocycles. The number of ether oxygens (including phenoxy) is 4. The number of para-hydroxylation sites is 2. The lowest BCUT2D eigenvalue weighted by Gasteiger charge is -2.18. The first-order valence-electron chi connectivity index (χ1n) is 9.47. The second kappa shape index (κ2) is 10.1. The summed E-state index contributed by atoms with van der Waals surface area (Å²) in [7, 11) is 0. The summed E-state index contributed by atoms with van der Waals surface area (Å²) >= 11 is 0. The Morgan fingerprint density at radius 2 is 0.900 bits per heavy atom. The zero-order chi connectivity index (χ0) is 21.3. The van der Waals surface area contributed by atoms with Gasteiger partial charge in [0.1, 0.15) is 11.5 Å². The number of hydrogen-bond donors (Lipinski definition) is 0. The molecule has 2 unspecified atom stereocenters. The normalized spacial score (nSPS) is 12.3. The number of carbonyl (C=O) groups excluding carboxylic acids is 2. The predicted molar refractivity (Wildman–Crippen MR) is 110 cm³/mol. The van der Waals surface area contributed by atoms with Crippen LogP contribution in [0.3, 0.4) is 0 Å². The third-order valence-corrected chi connectivity index (χ3v) is 4.00. The van der Waals surface area contributed by atoms with Gasteiger partial charge in [-0.2, -0.15) is 0 Å². The van der Waals surface area contributed by atoms with Gasteiger partial charge in [-0.15, -0.1) is 0 Å². The highest BCUT2D eigenvalue weighted by Crippen LogP contribution is 2.17. The first kappa shape index (κ1) is 20.9. The van der Waals surface area contributed by atoms with Crippen molar-refractivity contribution in [3.8, 4) is 11.5 Å². The van der Waals surface area contributed by atoms with Crippen LogP contribution in [0.5, 0.6) is 11.5 Å². The number of rotatable bonds is 8. The molecule has 0 spiro atoms. The fraction of sp³-hybridized carbons (Fsp3) is 0.167. The predicted octanol–water partition coefficient (Wildman–Crippen LogP) is 4.85. The third kappa shape index (κ3) is 5.85. The highest BCUT2D eigenvalue weighted by atomic mass is 16.7. The van der Waals surface area contributed by atoms with Crippen molar-refractivity contribution in [3.05, 3.63) is 96.1 Å². The van der Waals surface area contributed by atoms with Gasteiger partial charge in [0.2, 0.25) is 12.6 Å². The molecule has 0 bridgehead atoms. The fourth-order valence-corrected chi connectivity index (χ4v) is 2.70. The van der Waals surface area contributed by atoms with Crippen LogP contribution in [0.25, 0.3) is 0 Å². The monoisotopic (exact) mass is 406 g/mol. The first-order chi connectivity index (χ1) is 14.5. The van der Waals surface area contributed by atoms with E-state index < -0.39 is 24.5 Å². The van der Waals surface area contributed by atoms with E-state index in [2.05, 4.69) is 0 Å². The van der Waals surface area contributed by atoms with Crippen molar-refractivity contribution in [2.75, 3.05) is 0 Å². The van der Waals surface area contributed by atoms with Crippen LogP contribution in [-0.2, 0) is 9.47 Å². The van der Waals surface area contributed by atoms with Crippen LogP contribution in [0.1, 0.15) is 34.6 Å². The van der Waals surface area contributed by atoms with E-state index in [0.717, 1.165) is 0 Å². The zero-order valence-corrected chi connectivity index (χ0v) is 16.7. The highest BCUT2D eigenvalue weighted by Gasteiger charge is 2.23. The summed E-state index contributed by atoms with van der Waals surface area (Å²) in [5.41, 5.74) is 0.163. The molecule has 0 saturated heterocycles. The standard InChI is InChI=1S/C24H22O6/c1-17(27-19-11-5-3-6-12-19)29-23(25)21-15-9-10-16-22(21)24(26)30-18(2)28-20-13-7-4-8-14-20/h3-18H,1-2H3. The van der Waals surface area contributed by atoms with Crippen molar-refractivity contribution >= 4 is 11.9 Å². The van der Waals surface area contributed by atoms with Crippen LogP contribution in [0.15, 0.2) is 84.9 Å². The van der Waals surface area contributed by atoms with Crippen molar-refractivity contribution in [1.29, 1.82) is 0 Å². The Labute approximate surface area is 175 Å². The lowest BCUT2D eigenvalue weighted by Crippen LogP contribution is -2.25. The van der Waals surface area contributed by atoms with Gasteiger partial charge in [0.25, 0.3) is 0 Å². The van der Waals surface area contributed by atoms with E-state index in [-0.39, 0.29) is 11.1 Å². The Balaban J connectivity index is 1.64. The van der Waals surface area contributed by atoms with E-state index in [1.54, 1.807) is 50.2 Å². The molecule has 0 N–H and O–H groups in total. The van der Waals surface area contributed by atoms with E-state index in [1.165, 1.54) is 12.1 Å². The molecule has 2 atom stereocenters. The lowest BCUT2D eigenvalue weighted by atomic mass is 10.1. The number of benzene rings is 3. The van der Waals surface area contributed by atoms with Crippen LogP contribution in [-0.4, -0.2) is 24.5 Å². The summed E-state index contributed by atoms with van der Waals surface area (Å²) in [6, 6.07) is 24.3. The summed E-state index contributed by atoms with van der Waals surface area (Å²) in [5.74, 6) is -0.250. The molecule has 6 nitrogen and oxygen atoms in total. The first-order valence-corrected chi connectivity index (χ1v) is 9.47. The SMILES string of the molecule is CC(OC(=O)c1ccccc1C(=O)OC(C)Oc1ccccc1)Oc1ccccc1.